The van der Waals surface area contributed by atoms with Gasteiger partial charge in [0.05, 0.1) is 0 Å². The van der Waals surface area contributed by atoms with Gasteiger partial charge in [0, 0.05) is 30.7 Å². The molecule has 1 aromatic carbocycles. The number of nitrogens with one attached hydrogen (secondary N) is 1. The molecule has 4 nitrogen and oxygen atoms in total. The Hall–Kier alpha value is -2.36. The van der Waals surface area contributed by atoms with Crippen molar-refractivity contribution in [2.45, 2.75) is 40.5 Å². The van der Waals surface area contributed by atoms with E-state index in [-0.39, 0.29) is 5.91 Å². The standard InChI is InChI=1S/C21H27N3O/c1-14-6-9-24(10-7-14)21(25)19-13-18(5-8-22-19)23-20-16(3)11-15(2)12-17(20)4/h5,8,11-14H,6-7,9-10H2,1-4H3,(H,22,23). The molecule has 0 bridgehead atoms. The molecule has 0 saturated carbocycles. The third-order valence-corrected chi connectivity index (χ3v) is 5.00. The maximum absolute atomic E-state index is 12.7. The average Bonchev–Trinajstić information content (AvgIpc) is 2.58. The van der Waals surface area contributed by atoms with Gasteiger partial charge in [0.25, 0.3) is 5.91 Å². The molecule has 0 aliphatic carbocycles. The van der Waals surface area contributed by atoms with Crippen LogP contribution in [0.15, 0.2) is 30.5 Å². The van der Waals surface area contributed by atoms with Gasteiger partial charge in [-0.25, -0.2) is 0 Å². The zero-order valence-electron chi connectivity index (χ0n) is 15.6. The molecule has 0 atom stereocenters. The first-order valence-electron chi connectivity index (χ1n) is 9.04. The van der Waals surface area contributed by atoms with Gasteiger partial charge in [0.15, 0.2) is 0 Å². The Morgan fingerprint density at radius 1 is 1.12 bits per heavy atom. The van der Waals surface area contributed by atoms with E-state index < -0.39 is 0 Å². The van der Waals surface area contributed by atoms with Crippen molar-refractivity contribution in [2.24, 2.45) is 5.92 Å². The van der Waals surface area contributed by atoms with Gasteiger partial charge in [0.1, 0.15) is 5.69 Å². The number of aryl methyl sites for hydroxylation is 3. The molecule has 0 spiro atoms. The predicted octanol–water partition coefficient (Wildman–Crippen LogP) is 4.62. The Morgan fingerprint density at radius 2 is 1.76 bits per heavy atom. The second kappa shape index (κ2) is 7.26. The Balaban J connectivity index is 1.79. The van der Waals surface area contributed by atoms with E-state index in [0.717, 1.165) is 37.3 Å². The first-order chi connectivity index (χ1) is 11.9. The van der Waals surface area contributed by atoms with E-state index in [4.69, 9.17) is 0 Å². The van der Waals surface area contributed by atoms with Crippen molar-refractivity contribution in [1.29, 1.82) is 0 Å². The van der Waals surface area contributed by atoms with E-state index in [9.17, 15) is 4.79 Å². The summed E-state index contributed by atoms with van der Waals surface area (Å²) in [4.78, 5) is 19.0. The normalized spacial score (nSPS) is 15.3. The highest BCUT2D eigenvalue weighted by atomic mass is 16.2. The van der Waals surface area contributed by atoms with Crippen molar-refractivity contribution in [3.63, 3.8) is 0 Å². The minimum absolute atomic E-state index is 0.0351. The number of carbonyl (C=O) groups excluding carboxylic acids is 1. The van der Waals surface area contributed by atoms with Gasteiger partial charge in [-0.2, -0.15) is 0 Å². The lowest BCUT2D eigenvalue weighted by Gasteiger charge is -2.30. The van der Waals surface area contributed by atoms with Crippen LogP contribution in [0.1, 0.15) is 46.9 Å². The fraction of sp³-hybridized carbons (Fsp3) is 0.429. The first-order valence-corrected chi connectivity index (χ1v) is 9.04. The number of amides is 1. The van der Waals surface area contributed by atoms with Crippen LogP contribution in [0, 0.1) is 26.7 Å². The van der Waals surface area contributed by atoms with Crippen LogP contribution >= 0.6 is 0 Å². The zero-order chi connectivity index (χ0) is 18.0. The third kappa shape index (κ3) is 4.01. The van der Waals surface area contributed by atoms with Gasteiger partial charge in [-0.15, -0.1) is 0 Å². The number of piperidine rings is 1. The summed E-state index contributed by atoms with van der Waals surface area (Å²) in [7, 11) is 0. The molecule has 0 radical (unpaired) electrons. The molecule has 25 heavy (non-hydrogen) atoms. The Kier molecular flexibility index (Phi) is 5.07. The maximum atomic E-state index is 12.7. The molecule has 1 amide bonds. The molecular weight excluding hydrogens is 310 g/mol. The smallest absolute Gasteiger partial charge is 0.272 e. The van der Waals surface area contributed by atoms with Crippen LogP contribution in [-0.2, 0) is 0 Å². The minimum Gasteiger partial charge on any atom is -0.355 e. The number of aromatic nitrogens is 1. The number of pyridine rings is 1. The van der Waals surface area contributed by atoms with Gasteiger partial charge in [-0.1, -0.05) is 24.6 Å². The average molecular weight is 337 g/mol. The van der Waals surface area contributed by atoms with Crippen LogP contribution < -0.4 is 5.32 Å². The molecule has 1 saturated heterocycles. The molecular formula is C21H27N3O. The van der Waals surface area contributed by atoms with Crippen molar-refractivity contribution >= 4 is 17.3 Å². The molecule has 2 aromatic rings. The number of benzene rings is 1. The summed E-state index contributed by atoms with van der Waals surface area (Å²) >= 11 is 0. The SMILES string of the molecule is Cc1cc(C)c(Nc2ccnc(C(=O)N3CCC(C)CC3)c2)c(C)c1. The Bertz CT molecular complexity index is 753. The molecule has 1 aromatic heterocycles. The van der Waals surface area contributed by atoms with Crippen LogP contribution in [0.2, 0.25) is 0 Å². The monoisotopic (exact) mass is 337 g/mol. The number of carbonyl (C=O) groups is 1. The maximum Gasteiger partial charge on any atom is 0.272 e. The molecule has 1 N–H and O–H groups in total. The van der Waals surface area contributed by atoms with E-state index >= 15 is 0 Å². The quantitative estimate of drug-likeness (QED) is 0.888. The van der Waals surface area contributed by atoms with Crippen LogP contribution in [0.5, 0.6) is 0 Å². The van der Waals surface area contributed by atoms with Crippen LogP contribution in [0.25, 0.3) is 0 Å². The number of nitrogens with zero attached hydrogens (tertiary/aromatic N) is 2. The summed E-state index contributed by atoms with van der Waals surface area (Å²) in [6, 6.07) is 8.10. The van der Waals surface area contributed by atoms with Gasteiger partial charge in [0.2, 0.25) is 0 Å². The van der Waals surface area contributed by atoms with E-state index in [1.165, 1.54) is 16.7 Å². The Labute approximate surface area is 150 Å². The predicted molar refractivity (Wildman–Crippen MR) is 102 cm³/mol. The molecule has 132 valence electrons. The summed E-state index contributed by atoms with van der Waals surface area (Å²) in [6.45, 7) is 10.2. The summed E-state index contributed by atoms with van der Waals surface area (Å²) in [5.74, 6) is 0.741. The summed E-state index contributed by atoms with van der Waals surface area (Å²) < 4.78 is 0. The number of rotatable bonds is 3. The fourth-order valence-electron chi connectivity index (χ4n) is 3.52. The van der Waals surface area contributed by atoms with Crippen molar-refractivity contribution in [1.82, 2.24) is 9.88 Å². The van der Waals surface area contributed by atoms with Gasteiger partial charge in [-0.3, -0.25) is 9.78 Å². The molecule has 2 heterocycles. The molecule has 4 heteroatoms. The molecule has 1 aliphatic rings. The highest BCUT2D eigenvalue weighted by molar-refractivity contribution is 5.93. The lowest BCUT2D eigenvalue weighted by atomic mass is 9.99. The van der Waals surface area contributed by atoms with Gasteiger partial charge < -0.3 is 10.2 Å². The second-order valence-electron chi connectivity index (χ2n) is 7.30. The van der Waals surface area contributed by atoms with Crippen molar-refractivity contribution < 1.29 is 4.79 Å². The highest BCUT2D eigenvalue weighted by Crippen LogP contribution is 2.26. The molecule has 3 rings (SSSR count). The first kappa shape index (κ1) is 17.5. The molecule has 1 fully saturated rings. The van der Waals surface area contributed by atoms with Crippen molar-refractivity contribution in [2.75, 3.05) is 18.4 Å². The highest BCUT2D eigenvalue weighted by Gasteiger charge is 2.22. The lowest BCUT2D eigenvalue weighted by Crippen LogP contribution is -2.38. The van der Waals surface area contributed by atoms with Gasteiger partial charge >= 0.3 is 0 Å². The molecule has 1 aliphatic heterocycles. The van der Waals surface area contributed by atoms with Gasteiger partial charge in [-0.05, 0) is 62.8 Å². The number of hydrogen-bond donors (Lipinski definition) is 1. The summed E-state index contributed by atoms with van der Waals surface area (Å²) in [6.07, 6.45) is 3.86. The van der Waals surface area contributed by atoms with E-state index in [0.29, 0.717) is 11.6 Å². The van der Waals surface area contributed by atoms with Crippen LogP contribution in [-0.4, -0.2) is 28.9 Å². The van der Waals surface area contributed by atoms with Crippen LogP contribution in [0.3, 0.4) is 0 Å². The summed E-state index contributed by atoms with van der Waals surface area (Å²) in [5, 5.41) is 3.46. The third-order valence-electron chi connectivity index (χ3n) is 5.00. The number of likely N-dealkylation sites (tertiary alicyclic amines) is 1. The lowest BCUT2D eigenvalue weighted by molar-refractivity contribution is 0.0691. The van der Waals surface area contributed by atoms with Crippen molar-refractivity contribution in [3.8, 4) is 0 Å². The minimum atomic E-state index is 0.0351. The largest absolute Gasteiger partial charge is 0.355 e. The summed E-state index contributed by atoms with van der Waals surface area (Å²) in [5.41, 5.74) is 6.17. The topological polar surface area (TPSA) is 45.2 Å². The number of hydrogen-bond acceptors (Lipinski definition) is 3. The fourth-order valence-corrected chi connectivity index (χ4v) is 3.52. The van der Waals surface area contributed by atoms with Crippen molar-refractivity contribution in [3.05, 3.63) is 52.8 Å². The van der Waals surface area contributed by atoms with E-state index in [1.54, 1.807) is 6.20 Å². The Morgan fingerprint density at radius 3 is 2.40 bits per heavy atom. The van der Waals surface area contributed by atoms with E-state index in [2.05, 4.69) is 50.1 Å². The number of anilines is 2. The zero-order valence-corrected chi connectivity index (χ0v) is 15.6. The molecule has 0 unspecified atom stereocenters. The second-order valence-corrected chi connectivity index (χ2v) is 7.30. The van der Waals surface area contributed by atoms with E-state index in [1.807, 2.05) is 17.0 Å². The van der Waals surface area contributed by atoms with Crippen LogP contribution in [0.4, 0.5) is 11.4 Å².